The Morgan fingerprint density at radius 1 is 0.823 bits per heavy atom. The number of hydrogen-bond donors (Lipinski definition) is 0. The van der Waals surface area contributed by atoms with Gasteiger partial charge in [-0.1, -0.05) is 77.7 Å². The predicted molar refractivity (Wildman–Crippen MR) is 229 cm³/mol. The number of carbonyl (C=O) groups is 4. The molecule has 5 atom stereocenters. The number of ketones is 1. The first kappa shape index (κ1) is 44.4. The fourth-order valence-corrected chi connectivity index (χ4v) is 10.1. The second-order valence-electron chi connectivity index (χ2n) is 15.5. The molecule has 4 aromatic rings. The molecule has 3 aliphatic heterocycles. The minimum Gasteiger partial charge on any atom is -0.497 e. The highest BCUT2D eigenvalue weighted by Crippen LogP contribution is 2.52. The Morgan fingerprint density at radius 3 is 1.95 bits per heavy atom. The third kappa shape index (κ3) is 8.44. The molecule has 0 spiro atoms. The standard InChI is InChI=1S/C47H50N4O10P/c1-30(2)51(31(3)4)62(59-28-12-26-48)61-43-39(60-45-41(43)42(53)37-15-10-11-16-38(37)44(54)50-40(52)25-27-49(45)46(50)55)29-58-47(32-13-8-7-9-14-32,33-17-21-35(56-5)22-18-33)34-19-23-36(57-6)24-20-34/h7-11,13-24,27,30-31,39,41,43,45H,12,25,28-29H2,1-6H3/q+1/t39-,41-,43-,45-,62?/m1/s1. The summed E-state index contributed by atoms with van der Waals surface area (Å²) in [6.07, 6.45) is -2.40. The highest BCUT2D eigenvalue weighted by Gasteiger charge is 2.60. The van der Waals surface area contributed by atoms with Crippen molar-refractivity contribution in [1.29, 1.82) is 5.26 Å². The first-order valence-corrected chi connectivity index (χ1v) is 21.6. The lowest BCUT2D eigenvalue weighted by Crippen LogP contribution is -2.53. The van der Waals surface area contributed by atoms with E-state index < -0.39 is 62.1 Å². The SMILES string of the molecule is COc1ccc(C(OC[C@H]2O[C@@H]3[C@H](C(=O)c4ccccc4C(=O)N4C(=O)CC=[N+]3C4=O)[C@@H]2OP(OCCC#N)N(C(C)C)C(C)C)(c2ccccc2)c2ccc(OC)cc2)cc1. The number of imide groups is 3. The van der Waals surface area contributed by atoms with Crippen molar-refractivity contribution in [2.75, 3.05) is 27.4 Å². The smallest absolute Gasteiger partial charge is 0.497 e. The predicted octanol–water partition coefficient (Wildman–Crippen LogP) is 7.49. The summed E-state index contributed by atoms with van der Waals surface area (Å²) in [7, 11) is 1.19. The Kier molecular flexibility index (Phi) is 13.7. The Labute approximate surface area is 362 Å². The summed E-state index contributed by atoms with van der Waals surface area (Å²) in [5, 5.41) is 9.50. The normalized spacial score (nSPS) is 20.6. The highest BCUT2D eigenvalue weighted by molar-refractivity contribution is 7.44. The first-order chi connectivity index (χ1) is 29.9. The van der Waals surface area contributed by atoms with Gasteiger partial charge in [-0.2, -0.15) is 14.6 Å². The lowest BCUT2D eigenvalue weighted by molar-refractivity contribution is -0.534. The van der Waals surface area contributed by atoms with Crippen molar-refractivity contribution in [2.24, 2.45) is 5.92 Å². The van der Waals surface area contributed by atoms with Crippen molar-refractivity contribution in [2.45, 2.75) is 76.7 Å². The quantitative estimate of drug-likeness (QED) is 0.0360. The average molecular weight is 862 g/mol. The number of hydrogen-bond acceptors (Lipinski definition) is 12. The second kappa shape index (κ2) is 19.2. The maximum absolute atomic E-state index is 15.2. The van der Waals surface area contributed by atoms with Crippen LogP contribution in [0.2, 0.25) is 0 Å². The summed E-state index contributed by atoms with van der Waals surface area (Å²) in [6.45, 7) is 7.84. The van der Waals surface area contributed by atoms with Crippen LogP contribution in [0.1, 0.15) is 77.9 Å². The fraction of sp³-hybridized carbons (Fsp3) is 0.362. The molecule has 3 aliphatic rings. The molecular formula is C47H50N4O10P+. The first-order valence-electron chi connectivity index (χ1n) is 20.5. The number of rotatable bonds is 16. The monoisotopic (exact) mass is 861 g/mol. The van der Waals surface area contributed by atoms with Crippen LogP contribution in [-0.2, 0) is 28.9 Å². The maximum atomic E-state index is 15.2. The number of fused-ring (bicyclic) bond motifs is 5. The average Bonchev–Trinajstić information content (AvgIpc) is 3.64. The number of amides is 4. The molecule has 4 amide bonds. The van der Waals surface area contributed by atoms with Crippen LogP contribution in [0.4, 0.5) is 4.79 Å². The number of benzene rings is 4. The summed E-state index contributed by atoms with van der Waals surface area (Å²) >= 11 is 0. The van der Waals surface area contributed by atoms with Crippen LogP contribution in [0.5, 0.6) is 11.5 Å². The number of methoxy groups -OCH3 is 2. The number of ether oxygens (including phenoxy) is 4. The van der Waals surface area contributed by atoms with Crippen molar-refractivity contribution in [1.82, 2.24) is 9.57 Å². The number of urea groups is 1. The van der Waals surface area contributed by atoms with E-state index in [4.69, 9.17) is 28.0 Å². The molecule has 1 unspecified atom stereocenters. The molecule has 14 nitrogen and oxygen atoms in total. The lowest BCUT2D eigenvalue weighted by Gasteiger charge is -2.39. The molecule has 0 radical (unpaired) electrons. The van der Waals surface area contributed by atoms with Crippen LogP contribution in [-0.4, -0.2) is 102 Å². The molecule has 0 saturated carbocycles. The highest BCUT2D eigenvalue weighted by atomic mass is 31.2. The Morgan fingerprint density at radius 2 is 1.39 bits per heavy atom. The molecule has 62 heavy (non-hydrogen) atoms. The molecule has 0 aromatic heterocycles. The van der Waals surface area contributed by atoms with Gasteiger partial charge >= 0.3 is 17.8 Å². The van der Waals surface area contributed by atoms with Gasteiger partial charge in [-0.3, -0.25) is 4.79 Å². The Bertz CT molecular complexity index is 2290. The molecule has 7 rings (SSSR count). The molecule has 322 valence electrons. The van der Waals surface area contributed by atoms with Gasteiger partial charge in [-0.25, -0.2) is 14.3 Å². The molecule has 0 N–H and O–H groups in total. The van der Waals surface area contributed by atoms with Gasteiger partial charge in [0, 0.05) is 17.6 Å². The van der Waals surface area contributed by atoms with Crippen LogP contribution in [0.25, 0.3) is 0 Å². The van der Waals surface area contributed by atoms with Gasteiger partial charge in [0.15, 0.2) is 5.78 Å². The van der Waals surface area contributed by atoms with E-state index in [0.29, 0.717) is 16.4 Å². The van der Waals surface area contributed by atoms with Crippen molar-refractivity contribution in [3.8, 4) is 17.6 Å². The van der Waals surface area contributed by atoms with Crippen LogP contribution in [0.3, 0.4) is 0 Å². The number of nitrogens with zero attached hydrogens (tertiary/aromatic N) is 4. The number of carbonyl (C=O) groups excluding carboxylic acids is 4. The van der Waals surface area contributed by atoms with Gasteiger partial charge in [-0.05, 0) is 74.7 Å². The third-order valence-electron chi connectivity index (χ3n) is 11.2. The zero-order chi connectivity index (χ0) is 44.1. The van der Waals surface area contributed by atoms with E-state index in [1.165, 1.54) is 18.3 Å². The zero-order valence-corrected chi connectivity index (χ0v) is 36.4. The second-order valence-corrected chi connectivity index (χ2v) is 17.0. The lowest BCUT2D eigenvalue weighted by atomic mass is 9.80. The summed E-state index contributed by atoms with van der Waals surface area (Å²) in [6, 6.07) is 31.9. The molecule has 4 aromatic carbocycles. The molecule has 1 saturated heterocycles. The number of Topliss-reactive ketones (excluding diaryl/α,β-unsaturated/α-hetero) is 1. The summed E-state index contributed by atoms with van der Waals surface area (Å²) < 4.78 is 42.0. The van der Waals surface area contributed by atoms with E-state index in [1.54, 1.807) is 26.4 Å². The largest absolute Gasteiger partial charge is 0.510 e. The molecule has 0 aliphatic carbocycles. The Balaban J connectivity index is 1.42. The van der Waals surface area contributed by atoms with Gasteiger partial charge in [0.1, 0.15) is 41.6 Å². The maximum Gasteiger partial charge on any atom is 0.510 e. The van der Waals surface area contributed by atoms with Crippen molar-refractivity contribution in [3.05, 3.63) is 131 Å². The van der Waals surface area contributed by atoms with Gasteiger partial charge < -0.3 is 28.0 Å². The topological polar surface area (TPSA) is 157 Å². The zero-order valence-electron chi connectivity index (χ0n) is 35.5. The van der Waals surface area contributed by atoms with E-state index in [1.807, 2.05) is 111 Å². The summed E-state index contributed by atoms with van der Waals surface area (Å²) in [4.78, 5) is 57.4. The van der Waals surface area contributed by atoms with E-state index in [0.717, 1.165) is 21.3 Å². The van der Waals surface area contributed by atoms with Crippen molar-refractivity contribution >= 4 is 38.4 Å². The minimum atomic E-state index is -1.99. The van der Waals surface area contributed by atoms with E-state index in [9.17, 15) is 19.6 Å². The third-order valence-corrected chi connectivity index (χ3v) is 13.3. The Hall–Kier alpha value is -5.65. The fourth-order valence-electron chi connectivity index (χ4n) is 8.36. The van der Waals surface area contributed by atoms with Crippen molar-refractivity contribution < 1.29 is 51.7 Å². The minimum absolute atomic E-state index is 0.00928. The van der Waals surface area contributed by atoms with Crippen LogP contribution in [0, 0.1) is 17.2 Å². The summed E-state index contributed by atoms with van der Waals surface area (Å²) in [5.74, 6) is -2.12. The molecule has 3 heterocycles. The van der Waals surface area contributed by atoms with Gasteiger partial charge in [0.05, 0.1) is 51.7 Å². The number of nitriles is 1. The van der Waals surface area contributed by atoms with E-state index in [2.05, 4.69) is 6.07 Å². The molecule has 1 fully saturated rings. The van der Waals surface area contributed by atoms with Crippen molar-refractivity contribution in [3.63, 3.8) is 0 Å². The van der Waals surface area contributed by atoms with Gasteiger partial charge in [0.2, 0.25) is 6.23 Å². The van der Waals surface area contributed by atoms with E-state index in [-0.39, 0.29) is 49.3 Å². The molecule has 2 bridgehead atoms. The van der Waals surface area contributed by atoms with Gasteiger partial charge in [0.25, 0.3) is 8.53 Å². The van der Waals surface area contributed by atoms with Gasteiger partial charge in [-0.15, -0.1) is 0 Å². The molecular weight excluding hydrogens is 812 g/mol. The summed E-state index contributed by atoms with van der Waals surface area (Å²) in [5.41, 5.74) is 0.881. The van der Waals surface area contributed by atoms with Crippen LogP contribution >= 0.6 is 8.53 Å². The molecule has 15 heteroatoms. The van der Waals surface area contributed by atoms with E-state index >= 15 is 4.79 Å². The van der Waals surface area contributed by atoms with Crippen LogP contribution in [0.15, 0.2) is 103 Å². The van der Waals surface area contributed by atoms with Crippen LogP contribution < -0.4 is 9.47 Å².